The monoisotopic (exact) mass is 323 g/mol. The molecule has 1 aromatic heterocycles. The van der Waals surface area contributed by atoms with Gasteiger partial charge >= 0.3 is 0 Å². The minimum Gasteiger partial charge on any atom is -0.342 e. The van der Waals surface area contributed by atoms with Gasteiger partial charge in [0.1, 0.15) is 0 Å². The molecule has 126 valence electrons. The molecule has 24 heavy (non-hydrogen) atoms. The van der Waals surface area contributed by atoms with E-state index >= 15 is 0 Å². The van der Waals surface area contributed by atoms with Gasteiger partial charge in [0.2, 0.25) is 5.91 Å². The lowest BCUT2D eigenvalue weighted by atomic mass is 10.0. The number of carbonyl (C=O) groups is 1. The standard InChI is InChI=1S/C20H25N3O/c1-14-5-3-4-6-17(14)18-10-19(18)20(24)23-8-7-15(13-23)9-16-11-21-22(2)12-16/h3-6,11-12,15,18-19H,7-10,13H2,1-2H3/t15-,18+,19-/m1/s1. The first-order valence-corrected chi connectivity index (χ1v) is 8.93. The Bertz CT molecular complexity index is 751. The van der Waals surface area contributed by atoms with E-state index < -0.39 is 0 Å². The van der Waals surface area contributed by atoms with Crippen molar-refractivity contribution in [1.82, 2.24) is 14.7 Å². The molecule has 3 atom stereocenters. The summed E-state index contributed by atoms with van der Waals surface area (Å²) in [4.78, 5) is 14.9. The van der Waals surface area contributed by atoms with Gasteiger partial charge in [-0.1, -0.05) is 24.3 Å². The molecule has 2 aliphatic rings. The fraction of sp³-hybridized carbons (Fsp3) is 0.500. The molecule has 0 spiro atoms. The maximum Gasteiger partial charge on any atom is 0.226 e. The number of aryl methyl sites for hydroxylation is 2. The van der Waals surface area contributed by atoms with Crippen molar-refractivity contribution in [2.45, 2.75) is 32.1 Å². The summed E-state index contributed by atoms with van der Waals surface area (Å²) in [5, 5.41) is 4.24. The lowest BCUT2D eigenvalue weighted by molar-refractivity contribution is -0.131. The second kappa shape index (κ2) is 6.08. The summed E-state index contributed by atoms with van der Waals surface area (Å²) < 4.78 is 1.85. The Morgan fingerprint density at radius 3 is 2.92 bits per heavy atom. The molecule has 1 saturated carbocycles. The maximum absolute atomic E-state index is 12.8. The first-order chi connectivity index (χ1) is 11.6. The van der Waals surface area contributed by atoms with Crippen LogP contribution < -0.4 is 0 Å². The molecule has 0 N–H and O–H groups in total. The van der Waals surface area contributed by atoms with Crippen molar-refractivity contribution in [2.75, 3.05) is 13.1 Å². The molecular weight excluding hydrogens is 298 g/mol. The number of hydrogen-bond donors (Lipinski definition) is 0. The molecule has 2 heterocycles. The Balaban J connectivity index is 1.34. The number of benzene rings is 1. The minimum absolute atomic E-state index is 0.211. The Kier molecular flexibility index (Phi) is 3.91. The average molecular weight is 323 g/mol. The maximum atomic E-state index is 12.8. The van der Waals surface area contributed by atoms with Crippen LogP contribution in [0.25, 0.3) is 0 Å². The summed E-state index contributed by atoms with van der Waals surface area (Å²) in [5.41, 5.74) is 3.96. The van der Waals surface area contributed by atoms with Gasteiger partial charge in [-0.2, -0.15) is 5.10 Å². The number of nitrogens with zero attached hydrogens (tertiary/aromatic N) is 3. The lowest BCUT2D eigenvalue weighted by Crippen LogP contribution is -2.30. The topological polar surface area (TPSA) is 38.1 Å². The van der Waals surface area contributed by atoms with E-state index in [0.29, 0.717) is 17.7 Å². The molecule has 1 amide bonds. The van der Waals surface area contributed by atoms with Crippen molar-refractivity contribution in [3.8, 4) is 0 Å². The third-order valence-corrected chi connectivity index (χ3v) is 5.58. The highest BCUT2D eigenvalue weighted by Crippen LogP contribution is 2.49. The Hall–Kier alpha value is -2.10. The lowest BCUT2D eigenvalue weighted by Gasteiger charge is -2.17. The molecule has 0 unspecified atom stereocenters. The highest BCUT2D eigenvalue weighted by atomic mass is 16.2. The van der Waals surface area contributed by atoms with Crippen molar-refractivity contribution >= 4 is 5.91 Å². The molecule has 2 fully saturated rings. The predicted octanol–water partition coefficient (Wildman–Crippen LogP) is 2.92. The van der Waals surface area contributed by atoms with Crippen LogP contribution >= 0.6 is 0 Å². The number of amides is 1. The zero-order valence-electron chi connectivity index (χ0n) is 14.5. The van der Waals surface area contributed by atoms with E-state index in [1.54, 1.807) is 0 Å². The van der Waals surface area contributed by atoms with Crippen molar-refractivity contribution in [2.24, 2.45) is 18.9 Å². The molecule has 4 nitrogen and oxygen atoms in total. The van der Waals surface area contributed by atoms with Crippen LogP contribution in [0.5, 0.6) is 0 Å². The molecule has 1 aliphatic carbocycles. The van der Waals surface area contributed by atoms with E-state index in [4.69, 9.17) is 0 Å². The van der Waals surface area contributed by atoms with Crippen LogP contribution in [-0.4, -0.2) is 33.7 Å². The first-order valence-electron chi connectivity index (χ1n) is 8.93. The first kappa shape index (κ1) is 15.4. The zero-order chi connectivity index (χ0) is 16.7. The Morgan fingerprint density at radius 2 is 2.17 bits per heavy atom. The second-order valence-electron chi connectivity index (χ2n) is 7.47. The van der Waals surface area contributed by atoms with Crippen LogP contribution in [0.3, 0.4) is 0 Å². The van der Waals surface area contributed by atoms with E-state index in [-0.39, 0.29) is 5.92 Å². The zero-order valence-corrected chi connectivity index (χ0v) is 14.5. The van der Waals surface area contributed by atoms with Gasteiger partial charge in [-0.3, -0.25) is 9.48 Å². The third-order valence-electron chi connectivity index (χ3n) is 5.58. The fourth-order valence-corrected chi connectivity index (χ4v) is 4.16. The Morgan fingerprint density at radius 1 is 1.33 bits per heavy atom. The molecule has 1 aliphatic heterocycles. The van der Waals surface area contributed by atoms with Crippen LogP contribution in [0.4, 0.5) is 0 Å². The number of aromatic nitrogens is 2. The molecule has 1 aromatic carbocycles. The van der Waals surface area contributed by atoms with E-state index in [0.717, 1.165) is 32.4 Å². The Labute approximate surface area is 143 Å². The molecule has 0 radical (unpaired) electrons. The quantitative estimate of drug-likeness (QED) is 0.868. The summed E-state index contributed by atoms with van der Waals surface area (Å²) >= 11 is 0. The summed E-state index contributed by atoms with van der Waals surface area (Å²) in [5.74, 6) is 1.60. The SMILES string of the molecule is Cc1ccccc1[C@@H]1C[C@H]1C(=O)N1CC[C@H](Cc2cnn(C)c2)C1. The van der Waals surface area contributed by atoms with Crippen LogP contribution in [0, 0.1) is 18.8 Å². The molecule has 4 rings (SSSR count). The van der Waals surface area contributed by atoms with Crippen molar-refractivity contribution in [3.63, 3.8) is 0 Å². The van der Waals surface area contributed by atoms with Crippen LogP contribution in [-0.2, 0) is 18.3 Å². The predicted molar refractivity (Wildman–Crippen MR) is 93.6 cm³/mol. The van der Waals surface area contributed by atoms with Crippen LogP contribution in [0.1, 0.15) is 35.4 Å². The molecule has 0 bridgehead atoms. The summed E-state index contributed by atoms with van der Waals surface area (Å²) in [6.45, 7) is 3.97. The highest BCUT2D eigenvalue weighted by molar-refractivity contribution is 5.83. The van der Waals surface area contributed by atoms with Gasteiger partial charge in [0, 0.05) is 32.3 Å². The van der Waals surface area contributed by atoms with E-state index in [1.807, 2.05) is 17.9 Å². The fourth-order valence-electron chi connectivity index (χ4n) is 4.16. The highest BCUT2D eigenvalue weighted by Gasteiger charge is 2.47. The molecule has 4 heteroatoms. The van der Waals surface area contributed by atoms with Crippen molar-refractivity contribution in [3.05, 3.63) is 53.3 Å². The summed E-state index contributed by atoms with van der Waals surface area (Å²) in [6.07, 6.45) is 7.19. The van der Waals surface area contributed by atoms with E-state index in [9.17, 15) is 4.79 Å². The van der Waals surface area contributed by atoms with Crippen molar-refractivity contribution < 1.29 is 4.79 Å². The molecule has 2 aromatic rings. The summed E-state index contributed by atoms with van der Waals surface area (Å²) in [6, 6.07) is 8.49. The van der Waals surface area contributed by atoms with Gasteiger partial charge < -0.3 is 4.90 Å². The smallest absolute Gasteiger partial charge is 0.226 e. The number of likely N-dealkylation sites (tertiary alicyclic amines) is 1. The second-order valence-corrected chi connectivity index (χ2v) is 7.47. The summed E-state index contributed by atoms with van der Waals surface area (Å²) in [7, 11) is 1.95. The van der Waals surface area contributed by atoms with Crippen molar-refractivity contribution in [1.29, 1.82) is 0 Å². The van der Waals surface area contributed by atoms with Gasteiger partial charge in [-0.15, -0.1) is 0 Å². The minimum atomic E-state index is 0.211. The van der Waals surface area contributed by atoms with Gasteiger partial charge in [-0.25, -0.2) is 0 Å². The van der Waals surface area contributed by atoms with Gasteiger partial charge in [0.05, 0.1) is 6.20 Å². The largest absolute Gasteiger partial charge is 0.342 e. The average Bonchev–Trinajstić information content (AvgIpc) is 3.04. The number of hydrogen-bond acceptors (Lipinski definition) is 2. The van der Waals surface area contributed by atoms with Gasteiger partial charge in [0.15, 0.2) is 0 Å². The number of rotatable bonds is 4. The van der Waals surface area contributed by atoms with Gasteiger partial charge in [0.25, 0.3) is 0 Å². The normalized spacial score (nSPS) is 25.9. The van der Waals surface area contributed by atoms with E-state index in [2.05, 4.69) is 47.4 Å². The molecular formula is C20H25N3O. The van der Waals surface area contributed by atoms with E-state index in [1.165, 1.54) is 16.7 Å². The van der Waals surface area contributed by atoms with Crippen LogP contribution in [0.15, 0.2) is 36.7 Å². The van der Waals surface area contributed by atoms with Crippen LogP contribution in [0.2, 0.25) is 0 Å². The third kappa shape index (κ3) is 2.97. The molecule has 1 saturated heterocycles. The number of carbonyl (C=O) groups excluding carboxylic acids is 1. The van der Waals surface area contributed by atoms with Gasteiger partial charge in [-0.05, 0) is 54.7 Å².